The fraction of sp³-hybridized carbons (Fsp3) is 0.500. The lowest BCUT2D eigenvalue weighted by atomic mass is 10.1. The van der Waals surface area contributed by atoms with Gasteiger partial charge >= 0.3 is 0 Å². The molecular formula is C18H29NOSi. The maximum absolute atomic E-state index is 6.21. The Morgan fingerprint density at radius 2 is 1.86 bits per heavy atom. The third-order valence-corrected chi connectivity index (χ3v) is 8.75. The van der Waals surface area contributed by atoms with Crippen molar-refractivity contribution in [2.75, 3.05) is 6.61 Å². The van der Waals surface area contributed by atoms with Crippen molar-refractivity contribution in [1.29, 1.82) is 0 Å². The van der Waals surface area contributed by atoms with Crippen molar-refractivity contribution < 1.29 is 4.43 Å². The van der Waals surface area contributed by atoms with Crippen LogP contribution in [0.1, 0.15) is 33.3 Å². The summed E-state index contributed by atoms with van der Waals surface area (Å²) in [6.07, 6.45) is 1.97. The summed E-state index contributed by atoms with van der Waals surface area (Å²) in [6, 6.07) is 10.0. The standard InChI is InChI=1S/C18H29NOSi/c1-15(12-13-16-10-8-7-9-11-16)17(19)14-20-21(5,6)18(2,3)4/h7-11,13,17H,14,19H2,1-6H3. The van der Waals surface area contributed by atoms with Crippen LogP contribution in [0.15, 0.2) is 41.6 Å². The van der Waals surface area contributed by atoms with Crippen LogP contribution < -0.4 is 5.73 Å². The molecule has 0 aliphatic heterocycles. The Bertz CT molecular complexity index is 508. The van der Waals surface area contributed by atoms with Crippen LogP contribution in [0.3, 0.4) is 0 Å². The lowest BCUT2D eigenvalue weighted by molar-refractivity contribution is 0.275. The molecule has 21 heavy (non-hydrogen) atoms. The summed E-state index contributed by atoms with van der Waals surface area (Å²) >= 11 is 0. The van der Waals surface area contributed by atoms with Gasteiger partial charge in [0.05, 0.1) is 12.6 Å². The molecule has 116 valence electrons. The van der Waals surface area contributed by atoms with Gasteiger partial charge in [0, 0.05) is 0 Å². The van der Waals surface area contributed by atoms with E-state index < -0.39 is 8.32 Å². The molecule has 0 radical (unpaired) electrons. The predicted molar refractivity (Wildman–Crippen MR) is 94.7 cm³/mol. The maximum Gasteiger partial charge on any atom is 0.192 e. The third kappa shape index (κ3) is 5.64. The molecule has 0 heterocycles. The van der Waals surface area contributed by atoms with E-state index in [9.17, 15) is 0 Å². The Hall–Kier alpha value is -1.12. The minimum absolute atomic E-state index is 0.0981. The van der Waals surface area contributed by atoms with Crippen LogP contribution in [-0.4, -0.2) is 21.0 Å². The van der Waals surface area contributed by atoms with Gasteiger partial charge in [-0.25, -0.2) is 0 Å². The maximum atomic E-state index is 6.21. The lowest BCUT2D eigenvalue weighted by Gasteiger charge is -2.36. The first-order chi connectivity index (χ1) is 9.63. The van der Waals surface area contributed by atoms with Crippen molar-refractivity contribution in [3.05, 3.63) is 47.2 Å². The molecule has 0 aliphatic carbocycles. The Morgan fingerprint density at radius 3 is 2.38 bits per heavy atom. The molecular weight excluding hydrogens is 274 g/mol. The Labute approximate surface area is 130 Å². The first-order valence-electron chi connectivity index (χ1n) is 7.51. The van der Waals surface area contributed by atoms with Crippen LogP contribution in [-0.2, 0) is 4.43 Å². The SMILES string of the molecule is CC(=C=Cc1ccccc1)C(N)CO[Si](C)(C)C(C)(C)C. The van der Waals surface area contributed by atoms with Gasteiger partial charge in [-0.3, -0.25) is 0 Å². The van der Waals surface area contributed by atoms with Gasteiger partial charge in [0.25, 0.3) is 0 Å². The summed E-state index contributed by atoms with van der Waals surface area (Å²) in [5, 5.41) is 0.213. The summed E-state index contributed by atoms with van der Waals surface area (Å²) in [5.41, 5.74) is 11.6. The third-order valence-electron chi connectivity index (χ3n) is 4.25. The van der Waals surface area contributed by atoms with E-state index in [1.165, 1.54) is 0 Å². The van der Waals surface area contributed by atoms with E-state index in [4.69, 9.17) is 10.2 Å². The lowest BCUT2D eigenvalue weighted by Crippen LogP contribution is -2.44. The molecule has 1 aromatic carbocycles. The molecule has 0 amide bonds. The van der Waals surface area contributed by atoms with Crippen LogP contribution in [0.2, 0.25) is 18.1 Å². The number of rotatable bonds is 5. The Balaban J connectivity index is 2.68. The molecule has 0 spiro atoms. The Morgan fingerprint density at radius 1 is 1.29 bits per heavy atom. The van der Waals surface area contributed by atoms with Crippen molar-refractivity contribution in [2.24, 2.45) is 5.73 Å². The monoisotopic (exact) mass is 303 g/mol. The molecule has 0 saturated heterocycles. The molecule has 1 rings (SSSR count). The Kier molecular flexibility index (Phi) is 6.18. The average molecular weight is 304 g/mol. The summed E-state index contributed by atoms with van der Waals surface area (Å²) in [5.74, 6) is 0. The minimum Gasteiger partial charge on any atom is -0.415 e. The first kappa shape index (κ1) is 17.9. The van der Waals surface area contributed by atoms with E-state index >= 15 is 0 Å². The molecule has 0 aliphatic rings. The molecule has 0 fully saturated rings. The largest absolute Gasteiger partial charge is 0.415 e. The highest BCUT2D eigenvalue weighted by atomic mass is 28.4. The van der Waals surface area contributed by atoms with Crippen molar-refractivity contribution in [1.82, 2.24) is 0 Å². The second kappa shape index (κ2) is 7.23. The molecule has 0 aromatic heterocycles. The van der Waals surface area contributed by atoms with Crippen molar-refractivity contribution in [2.45, 2.75) is 51.9 Å². The number of hydrogen-bond acceptors (Lipinski definition) is 2. The van der Waals surface area contributed by atoms with Gasteiger partial charge in [-0.15, -0.1) is 5.73 Å². The van der Waals surface area contributed by atoms with Gasteiger partial charge in [0.1, 0.15) is 0 Å². The van der Waals surface area contributed by atoms with Gasteiger partial charge in [-0.05, 0) is 42.3 Å². The van der Waals surface area contributed by atoms with Gasteiger partial charge in [0.2, 0.25) is 0 Å². The summed E-state index contributed by atoms with van der Waals surface area (Å²) in [4.78, 5) is 0. The zero-order chi connectivity index (χ0) is 16.1. The normalized spacial score (nSPS) is 13.5. The van der Waals surface area contributed by atoms with E-state index in [1.54, 1.807) is 0 Å². The number of nitrogens with two attached hydrogens (primary N) is 1. The van der Waals surface area contributed by atoms with Crippen molar-refractivity contribution >= 4 is 14.4 Å². The smallest absolute Gasteiger partial charge is 0.192 e. The predicted octanol–water partition coefficient (Wildman–Crippen LogP) is 4.59. The quantitative estimate of drug-likeness (QED) is 0.637. The average Bonchev–Trinajstić information content (AvgIpc) is 2.42. The zero-order valence-electron chi connectivity index (χ0n) is 14.2. The van der Waals surface area contributed by atoms with Crippen LogP contribution >= 0.6 is 0 Å². The minimum atomic E-state index is -1.73. The van der Waals surface area contributed by atoms with E-state index in [0.29, 0.717) is 6.61 Å². The van der Waals surface area contributed by atoms with Gasteiger partial charge in [-0.1, -0.05) is 51.1 Å². The van der Waals surface area contributed by atoms with Gasteiger partial charge < -0.3 is 10.2 Å². The van der Waals surface area contributed by atoms with E-state index in [2.05, 4.69) is 51.7 Å². The second-order valence-electron chi connectivity index (χ2n) is 7.06. The number of benzene rings is 1. The van der Waals surface area contributed by atoms with E-state index in [-0.39, 0.29) is 11.1 Å². The molecule has 0 saturated carbocycles. The fourth-order valence-electron chi connectivity index (χ4n) is 1.49. The van der Waals surface area contributed by atoms with Crippen LogP contribution in [0.25, 0.3) is 6.08 Å². The van der Waals surface area contributed by atoms with Crippen molar-refractivity contribution in [3.8, 4) is 0 Å². The summed E-state index contributed by atoms with van der Waals surface area (Å²) < 4.78 is 6.17. The van der Waals surface area contributed by atoms with Crippen LogP contribution in [0.5, 0.6) is 0 Å². The fourth-order valence-corrected chi connectivity index (χ4v) is 2.52. The first-order valence-corrected chi connectivity index (χ1v) is 10.4. The summed E-state index contributed by atoms with van der Waals surface area (Å²) in [6.45, 7) is 13.8. The molecule has 0 bridgehead atoms. The highest BCUT2D eigenvalue weighted by molar-refractivity contribution is 6.74. The number of hydrogen-bond donors (Lipinski definition) is 1. The molecule has 1 unspecified atom stereocenters. The van der Waals surface area contributed by atoms with E-state index in [0.717, 1.165) is 11.1 Å². The highest BCUT2D eigenvalue weighted by Gasteiger charge is 2.37. The molecule has 1 aromatic rings. The topological polar surface area (TPSA) is 35.2 Å². The van der Waals surface area contributed by atoms with Crippen LogP contribution in [0, 0.1) is 0 Å². The zero-order valence-corrected chi connectivity index (χ0v) is 15.2. The van der Waals surface area contributed by atoms with Crippen molar-refractivity contribution in [3.63, 3.8) is 0 Å². The molecule has 3 heteroatoms. The molecule has 2 nitrogen and oxygen atoms in total. The second-order valence-corrected chi connectivity index (χ2v) is 11.9. The highest BCUT2D eigenvalue weighted by Crippen LogP contribution is 2.36. The molecule has 1 atom stereocenters. The van der Waals surface area contributed by atoms with Gasteiger partial charge in [0.15, 0.2) is 8.32 Å². The van der Waals surface area contributed by atoms with Gasteiger partial charge in [-0.2, -0.15) is 0 Å². The van der Waals surface area contributed by atoms with E-state index in [1.807, 2.05) is 31.2 Å². The van der Waals surface area contributed by atoms with Crippen LogP contribution in [0.4, 0.5) is 0 Å². The molecule has 2 N–H and O–H groups in total. The summed E-state index contributed by atoms with van der Waals surface area (Å²) in [7, 11) is -1.73.